The quantitative estimate of drug-likeness (QED) is 0.494. The Morgan fingerprint density at radius 2 is 1.15 bits per heavy atom. The van der Waals surface area contributed by atoms with Gasteiger partial charge in [-0.05, 0) is 41.9 Å². The smallest absolute Gasteiger partial charge is 0.0525 e. The molecule has 0 spiro atoms. The van der Waals surface area contributed by atoms with E-state index in [1.165, 1.54) is 11.1 Å². The maximum atomic E-state index is 9.88. The van der Waals surface area contributed by atoms with Crippen molar-refractivity contribution < 1.29 is 10.2 Å². The summed E-state index contributed by atoms with van der Waals surface area (Å²) >= 11 is 1.97. The molecule has 148 valence electrons. The predicted octanol–water partition coefficient (Wildman–Crippen LogP) is 5.18. The van der Waals surface area contributed by atoms with E-state index in [1.807, 2.05) is 48.2 Å². The topological polar surface area (TPSA) is 40.5 Å². The van der Waals surface area contributed by atoms with Crippen molar-refractivity contribution in [3.63, 3.8) is 0 Å². The fourth-order valence-corrected chi connectivity index (χ4v) is 4.64. The van der Waals surface area contributed by atoms with Crippen LogP contribution in [0.25, 0.3) is 0 Å². The molecule has 2 rings (SSSR count). The average molecular weight is 387 g/mol. The summed E-state index contributed by atoms with van der Waals surface area (Å²) in [6.45, 7) is 4.68. The molecule has 0 heterocycles. The van der Waals surface area contributed by atoms with Crippen LogP contribution in [-0.2, 0) is 10.8 Å². The molecular formula is C24H34O2S. The lowest BCUT2D eigenvalue weighted by Gasteiger charge is -2.28. The van der Waals surface area contributed by atoms with Crippen molar-refractivity contribution in [2.75, 3.05) is 24.7 Å². The molecule has 0 aliphatic rings. The largest absolute Gasteiger partial charge is 0.395 e. The highest BCUT2D eigenvalue weighted by atomic mass is 32.2. The van der Waals surface area contributed by atoms with Gasteiger partial charge in [0.25, 0.3) is 0 Å². The number of aliphatic hydroxyl groups excluding tert-OH is 2. The molecule has 0 aliphatic heterocycles. The molecule has 2 N–H and O–H groups in total. The highest BCUT2D eigenvalue weighted by Crippen LogP contribution is 2.31. The second-order valence-electron chi connectivity index (χ2n) is 7.99. The Morgan fingerprint density at radius 1 is 0.667 bits per heavy atom. The molecule has 0 bridgehead atoms. The van der Waals surface area contributed by atoms with E-state index in [0.717, 1.165) is 37.2 Å². The Bertz CT molecular complexity index is 588. The van der Waals surface area contributed by atoms with Gasteiger partial charge in [-0.2, -0.15) is 11.8 Å². The van der Waals surface area contributed by atoms with Gasteiger partial charge in [-0.1, -0.05) is 80.9 Å². The lowest BCUT2D eigenvalue weighted by atomic mass is 9.79. The van der Waals surface area contributed by atoms with Crippen molar-refractivity contribution in [3.05, 3.63) is 71.8 Å². The van der Waals surface area contributed by atoms with E-state index in [2.05, 4.69) is 38.1 Å². The second kappa shape index (κ2) is 10.9. The minimum atomic E-state index is -0.156. The van der Waals surface area contributed by atoms with Crippen molar-refractivity contribution >= 4 is 11.8 Å². The van der Waals surface area contributed by atoms with Crippen LogP contribution in [-0.4, -0.2) is 34.9 Å². The van der Waals surface area contributed by atoms with Gasteiger partial charge in [-0.15, -0.1) is 0 Å². The lowest BCUT2D eigenvalue weighted by Crippen LogP contribution is -2.27. The minimum Gasteiger partial charge on any atom is -0.395 e. The van der Waals surface area contributed by atoms with Crippen LogP contribution in [0, 0.1) is 0 Å². The van der Waals surface area contributed by atoms with E-state index in [4.69, 9.17) is 0 Å². The number of benzene rings is 2. The highest BCUT2D eigenvalue weighted by molar-refractivity contribution is 7.99. The van der Waals surface area contributed by atoms with E-state index < -0.39 is 0 Å². The molecule has 0 saturated heterocycles. The fourth-order valence-electron chi connectivity index (χ4n) is 3.43. The first-order chi connectivity index (χ1) is 13.0. The van der Waals surface area contributed by atoms with Gasteiger partial charge in [0.15, 0.2) is 0 Å². The summed E-state index contributed by atoms with van der Waals surface area (Å²) in [7, 11) is 0. The van der Waals surface area contributed by atoms with Crippen molar-refractivity contribution in [2.24, 2.45) is 0 Å². The van der Waals surface area contributed by atoms with Gasteiger partial charge in [-0.25, -0.2) is 0 Å². The first-order valence-electron chi connectivity index (χ1n) is 9.95. The number of rotatable bonds is 12. The van der Waals surface area contributed by atoms with Crippen molar-refractivity contribution in [1.29, 1.82) is 0 Å². The first-order valence-corrected chi connectivity index (χ1v) is 11.1. The molecular weight excluding hydrogens is 352 g/mol. The van der Waals surface area contributed by atoms with Gasteiger partial charge >= 0.3 is 0 Å². The summed E-state index contributed by atoms with van der Waals surface area (Å²) in [5, 5.41) is 19.7. The monoisotopic (exact) mass is 386 g/mol. The summed E-state index contributed by atoms with van der Waals surface area (Å²) < 4.78 is 0. The van der Waals surface area contributed by atoms with E-state index >= 15 is 0 Å². The maximum Gasteiger partial charge on any atom is 0.0525 e. The maximum absolute atomic E-state index is 9.88. The third kappa shape index (κ3) is 6.38. The van der Waals surface area contributed by atoms with Gasteiger partial charge < -0.3 is 10.2 Å². The van der Waals surface area contributed by atoms with Gasteiger partial charge in [-0.3, -0.25) is 0 Å². The van der Waals surface area contributed by atoms with E-state index in [0.29, 0.717) is 0 Å². The van der Waals surface area contributed by atoms with Crippen LogP contribution in [0.4, 0.5) is 0 Å². The van der Waals surface area contributed by atoms with Gasteiger partial charge in [0.2, 0.25) is 0 Å². The summed E-state index contributed by atoms with van der Waals surface area (Å²) in [5.74, 6) is 2.19. The first kappa shape index (κ1) is 22.0. The van der Waals surface area contributed by atoms with Crippen molar-refractivity contribution in [1.82, 2.24) is 0 Å². The third-order valence-corrected chi connectivity index (χ3v) is 6.77. The Labute approximate surface area is 169 Å². The number of hydrogen-bond acceptors (Lipinski definition) is 3. The van der Waals surface area contributed by atoms with Crippen LogP contribution in [0.1, 0.15) is 50.7 Å². The Kier molecular flexibility index (Phi) is 8.88. The predicted molar refractivity (Wildman–Crippen MR) is 118 cm³/mol. The van der Waals surface area contributed by atoms with Crippen LogP contribution >= 0.6 is 11.8 Å². The van der Waals surface area contributed by atoms with Crippen LogP contribution in [0.5, 0.6) is 0 Å². The number of unbranched alkanes of at least 4 members (excludes halogenated alkanes) is 1. The standard InChI is InChI=1S/C24H34O2S/c1-23(19-25,21-11-5-3-6-12-21)15-9-10-17-27-18-16-24(2,20-26)22-13-7-4-8-14-22/h3-8,11-14,25-26H,9-10,15-20H2,1-2H3. The zero-order valence-corrected chi connectivity index (χ0v) is 17.5. The molecule has 0 amide bonds. The minimum absolute atomic E-state index is 0.144. The van der Waals surface area contributed by atoms with Crippen molar-refractivity contribution in [3.8, 4) is 0 Å². The number of hydrogen-bond donors (Lipinski definition) is 2. The number of aliphatic hydroxyl groups is 2. The lowest BCUT2D eigenvalue weighted by molar-refractivity contribution is 0.194. The summed E-state index contributed by atoms with van der Waals surface area (Å²) in [6, 6.07) is 20.7. The van der Waals surface area contributed by atoms with E-state index in [1.54, 1.807) is 0 Å². The Morgan fingerprint density at radius 3 is 1.63 bits per heavy atom. The summed E-state index contributed by atoms with van der Waals surface area (Å²) in [4.78, 5) is 0. The number of thioether (sulfide) groups is 1. The molecule has 27 heavy (non-hydrogen) atoms. The van der Waals surface area contributed by atoms with Crippen LogP contribution in [0.2, 0.25) is 0 Å². The second-order valence-corrected chi connectivity index (χ2v) is 9.21. The van der Waals surface area contributed by atoms with Gasteiger partial charge in [0, 0.05) is 10.8 Å². The molecule has 0 aliphatic carbocycles. The van der Waals surface area contributed by atoms with Crippen molar-refractivity contribution in [2.45, 2.75) is 50.4 Å². The Hall–Kier alpha value is -1.29. The zero-order valence-electron chi connectivity index (χ0n) is 16.7. The molecule has 2 atom stereocenters. The average Bonchev–Trinajstić information content (AvgIpc) is 2.74. The normalized spacial score (nSPS) is 15.9. The zero-order chi connectivity index (χ0) is 19.6. The van der Waals surface area contributed by atoms with Gasteiger partial charge in [0.05, 0.1) is 13.2 Å². The van der Waals surface area contributed by atoms with E-state index in [9.17, 15) is 10.2 Å². The van der Waals surface area contributed by atoms with E-state index in [-0.39, 0.29) is 24.0 Å². The molecule has 2 aromatic rings. The van der Waals surface area contributed by atoms with Crippen LogP contribution in [0.3, 0.4) is 0 Å². The molecule has 2 nitrogen and oxygen atoms in total. The molecule has 0 fully saturated rings. The summed E-state index contributed by atoms with van der Waals surface area (Å²) in [5.41, 5.74) is 2.14. The van der Waals surface area contributed by atoms with Gasteiger partial charge in [0.1, 0.15) is 0 Å². The molecule has 3 heteroatoms. The Balaban J connectivity index is 1.70. The molecule has 2 unspecified atom stereocenters. The SMILES string of the molecule is CC(CO)(CCCCSCCC(C)(CO)c1ccccc1)c1ccccc1. The highest BCUT2D eigenvalue weighted by Gasteiger charge is 2.26. The van der Waals surface area contributed by atoms with Crippen LogP contribution in [0.15, 0.2) is 60.7 Å². The molecule has 0 saturated carbocycles. The third-order valence-electron chi connectivity index (χ3n) is 5.70. The van der Waals surface area contributed by atoms with Crippen LogP contribution < -0.4 is 0 Å². The fraction of sp³-hybridized carbons (Fsp3) is 0.500. The summed E-state index contributed by atoms with van der Waals surface area (Å²) in [6.07, 6.45) is 4.27. The molecule has 2 aromatic carbocycles. The molecule has 0 aromatic heterocycles. The molecule has 0 radical (unpaired) electrons.